The van der Waals surface area contributed by atoms with Crippen molar-refractivity contribution in [2.75, 3.05) is 13.2 Å². The maximum atomic E-state index is 6.09. The van der Waals surface area contributed by atoms with Gasteiger partial charge in [-0.1, -0.05) is 50.0 Å². The maximum Gasteiger partial charge on any atom is 0.0753 e. The van der Waals surface area contributed by atoms with E-state index in [4.69, 9.17) is 27.9 Å². The summed E-state index contributed by atoms with van der Waals surface area (Å²) < 4.78 is 5.92. The first-order chi connectivity index (χ1) is 9.49. The van der Waals surface area contributed by atoms with Gasteiger partial charge in [0.1, 0.15) is 0 Å². The Bertz CT molecular complexity index is 409. The summed E-state index contributed by atoms with van der Waals surface area (Å²) in [5, 5.41) is 4.74. The van der Waals surface area contributed by atoms with Crippen LogP contribution in [0.5, 0.6) is 0 Å². The summed E-state index contributed by atoms with van der Waals surface area (Å²) in [7, 11) is 0. The molecule has 0 saturated carbocycles. The van der Waals surface area contributed by atoms with Crippen LogP contribution in [0.15, 0.2) is 18.2 Å². The zero-order valence-electron chi connectivity index (χ0n) is 12.7. The van der Waals surface area contributed by atoms with E-state index in [9.17, 15) is 0 Å². The van der Waals surface area contributed by atoms with Crippen molar-refractivity contribution in [3.63, 3.8) is 0 Å². The average Bonchev–Trinajstić information content (AvgIpc) is 2.39. The highest BCUT2D eigenvalue weighted by Crippen LogP contribution is 2.24. The first-order valence-corrected chi connectivity index (χ1v) is 8.04. The summed E-state index contributed by atoms with van der Waals surface area (Å²) in [6.07, 6.45) is 1.07. The molecule has 0 bridgehead atoms. The molecule has 2 unspecified atom stereocenters. The molecule has 0 fully saturated rings. The monoisotopic (exact) mass is 317 g/mol. The van der Waals surface area contributed by atoms with Gasteiger partial charge in [-0.3, -0.25) is 0 Å². The highest BCUT2D eigenvalue weighted by Gasteiger charge is 2.24. The number of benzene rings is 1. The molecule has 2 atom stereocenters. The first kappa shape index (κ1) is 17.8. The van der Waals surface area contributed by atoms with Gasteiger partial charge in [-0.15, -0.1) is 0 Å². The average molecular weight is 318 g/mol. The van der Waals surface area contributed by atoms with Crippen LogP contribution in [-0.4, -0.2) is 25.3 Å². The molecule has 0 aliphatic heterocycles. The van der Waals surface area contributed by atoms with Gasteiger partial charge in [0.2, 0.25) is 0 Å². The van der Waals surface area contributed by atoms with Crippen LogP contribution in [0.4, 0.5) is 0 Å². The number of hydrogen-bond acceptors (Lipinski definition) is 2. The second-order valence-corrected chi connectivity index (χ2v) is 6.10. The molecule has 0 aliphatic carbocycles. The van der Waals surface area contributed by atoms with Crippen LogP contribution < -0.4 is 5.32 Å². The highest BCUT2D eigenvalue weighted by atomic mass is 35.5. The normalized spacial score (nSPS) is 14.6. The number of nitrogens with one attached hydrogen (secondary N) is 1. The van der Waals surface area contributed by atoms with E-state index in [2.05, 4.69) is 26.1 Å². The SMILES string of the molecule is CCNC(Cc1ccc(Cl)c(Cl)c1)C(OCC)C(C)C. The van der Waals surface area contributed by atoms with Gasteiger partial charge in [-0.25, -0.2) is 0 Å². The van der Waals surface area contributed by atoms with Crippen LogP contribution in [0.25, 0.3) is 0 Å². The van der Waals surface area contributed by atoms with E-state index in [1.54, 1.807) is 0 Å². The van der Waals surface area contributed by atoms with Gasteiger partial charge in [0, 0.05) is 12.6 Å². The standard InChI is InChI=1S/C16H25Cl2NO/c1-5-19-15(16(11(3)4)20-6-2)10-12-7-8-13(17)14(18)9-12/h7-9,11,15-16,19H,5-6,10H2,1-4H3. The Kier molecular flexibility index (Phi) is 7.90. The van der Waals surface area contributed by atoms with Crippen LogP contribution in [0, 0.1) is 5.92 Å². The van der Waals surface area contributed by atoms with Gasteiger partial charge >= 0.3 is 0 Å². The fourth-order valence-corrected chi connectivity index (χ4v) is 2.77. The lowest BCUT2D eigenvalue weighted by molar-refractivity contribution is 0.00395. The fraction of sp³-hybridized carbons (Fsp3) is 0.625. The molecule has 0 amide bonds. The molecule has 0 spiro atoms. The molecule has 1 rings (SSSR count). The molecule has 1 N–H and O–H groups in total. The number of ether oxygens (including phenoxy) is 1. The van der Waals surface area contributed by atoms with Gasteiger partial charge in [-0.2, -0.15) is 0 Å². The topological polar surface area (TPSA) is 21.3 Å². The molecule has 114 valence electrons. The van der Waals surface area contributed by atoms with E-state index in [0.717, 1.165) is 19.6 Å². The van der Waals surface area contributed by atoms with Crippen molar-refractivity contribution in [1.29, 1.82) is 0 Å². The quantitative estimate of drug-likeness (QED) is 0.758. The summed E-state index contributed by atoms with van der Waals surface area (Å²) >= 11 is 12.1. The van der Waals surface area contributed by atoms with Gasteiger partial charge in [0.25, 0.3) is 0 Å². The molecule has 0 saturated heterocycles. The molecule has 20 heavy (non-hydrogen) atoms. The Morgan fingerprint density at radius 2 is 1.85 bits per heavy atom. The van der Waals surface area contributed by atoms with Crippen LogP contribution in [0.2, 0.25) is 10.0 Å². The number of likely N-dealkylation sites (N-methyl/N-ethyl adjacent to an activating group) is 1. The third-order valence-electron chi connectivity index (χ3n) is 3.32. The minimum Gasteiger partial charge on any atom is -0.377 e. The van der Waals surface area contributed by atoms with E-state index in [-0.39, 0.29) is 12.1 Å². The molecule has 1 aromatic carbocycles. The van der Waals surface area contributed by atoms with Crippen LogP contribution in [0.3, 0.4) is 0 Å². The van der Waals surface area contributed by atoms with Gasteiger partial charge in [0.05, 0.1) is 16.1 Å². The second-order valence-electron chi connectivity index (χ2n) is 5.28. The Balaban J connectivity index is 2.86. The summed E-state index contributed by atoms with van der Waals surface area (Å²) in [6, 6.07) is 6.10. The fourth-order valence-electron chi connectivity index (χ4n) is 2.45. The number of halogens is 2. The summed E-state index contributed by atoms with van der Waals surface area (Å²) in [5.41, 5.74) is 1.18. The second kappa shape index (κ2) is 8.89. The van der Waals surface area contributed by atoms with E-state index >= 15 is 0 Å². The van der Waals surface area contributed by atoms with Crippen LogP contribution >= 0.6 is 23.2 Å². The van der Waals surface area contributed by atoms with Crippen molar-refractivity contribution in [2.24, 2.45) is 5.92 Å². The molecule has 0 aliphatic rings. The van der Waals surface area contributed by atoms with Crippen LogP contribution in [0.1, 0.15) is 33.3 Å². The van der Waals surface area contributed by atoms with Crippen molar-refractivity contribution >= 4 is 23.2 Å². The summed E-state index contributed by atoms with van der Waals surface area (Å²) in [4.78, 5) is 0. The Morgan fingerprint density at radius 1 is 1.15 bits per heavy atom. The van der Waals surface area contributed by atoms with E-state index in [0.29, 0.717) is 16.0 Å². The lowest BCUT2D eigenvalue weighted by Crippen LogP contribution is -2.45. The molecule has 4 heteroatoms. The summed E-state index contributed by atoms with van der Waals surface area (Å²) in [6.45, 7) is 10.2. The van der Waals surface area contributed by atoms with Crippen molar-refractivity contribution in [3.05, 3.63) is 33.8 Å². The third kappa shape index (κ3) is 5.25. The third-order valence-corrected chi connectivity index (χ3v) is 4.06. The Hall–Kier alpha value is -0.280. The van der Waals surface area contributed by atoms with E-state index in [1.165, 1.54) is 5.56 Å². The Labute approximate surface area is 132 Å². The van der Waals surface area contributed by atoms with Crippen molar-refractivity contribution in [1.82, 2.24) is 5.32 Å². The summed E-state index contributed by atoms with van der Waals surface area (Å²) in [5.74, 6) is 0.460. The highest BCUT2D eigenvalue weighted by molar-refractivity contribution is 6.42. The number of hydrogen-bond donors (Lipinski definition) is 1. The predicted molar refractivity (Wildman–Crippen MR) is 87.9 cm³/mol. The van der Waals surface area contributed by atoms with Crippen molar-refractivity contribution in [2.45, 2.75) is 46.3 Å². The van der Waals surface area contributed by atoms with Crippen molar-refractivity contribution < 1.29 is 4.74 Å². The van der Waals surface area contributed by atoms with E-state index < -0.39 is 0 Å². The molecule has 2 nitrogen and oxygen atoms in total. The Morgan fingerprint density at radius 3 is 2.35 bits per heavy atom. The minimum absolute atomic E-state index is 0.189. The maximum absolute atomic E-state index is 6.09. The smallest absolute Gasteiger partial charge is 0.0753 e. The molecule has 0 heterocycles. The van der Waals surface area contributed by atoms with Crippen molar-refractivity contribution in [3.8, 4) is 0 Å². The lowest BCUT2D eigenvalue weighted by Gasteiger charge is -2.31. The predicted octanol–water partition coefficient (Wildman–Crippen LogP) is 4.58. The molecule has 0 aromatic heterocycles. The molecular formula is C16H25Cl2NO. The molecule has 1 aromatic rings. The lowest BCUT2D eigenvalue weighted by atomic mass is 9.93. The zero-order chi connectivity index (χ0) is 15.1. The molecular weight excluding hydrogens is 293 g/mol. The molecule has 0 radical (unpaired) electrons. The largest absolute Gasteiger partial charge is 0.377 e. The van der Waals surface area contributed by atoms with Crippen LogP contribution in [-0.2, 0) is 11.2 Å². The van der Waals surface area contributed by atoms with Gasteiger partial charge in [0.15, 0.2) is 0 Å². The van der Waals surface area contributed by atoms with E-state index in [1.807, 2.05) is 25.1 Å². The number of rotatable bonds is 8. The van der Waals surface area contributed by atoms with Gasteiger partial charge < -0.3 is 10.1 Å². The van der Waals surface area contributed by atoms with Gasteiger partial charge in [-0.05, 0) is 43.5 Å². The first-order valence-electron chi connectivity index (χ1n) is 7.28. The zero-order valence-corrected chi connectivity index (χ0v) is 14.3. The minimum atomic E-state index is 0.189.